The Morgan fingerprint density at radius 1 is 1.15 bits per heavy atom. The van der Waals surface area contributed by atoms with E-state index in [-0.39, 0.29) is 0 Å². The molecule has 0 atom stereocenters. The highest BCUT2D eigenvalue weighted by Crippen LogP contribution is 2.14. The topological polar surface area (TPSA) is 63.6 Å². The number of rotatable bonds is 5. The Morgan fingerprint density at radius 3 is 2.90 bits per heavy atom. The molecule has 0 spiro atoms. The number of aryl methyl sites for hydroxylation is 1. The molecule has 0 unspecified atom stereocenters. The first-order valence-corrected chi connectivity index (χ1v) is 7.42. The second kappa shape index (κ2) is 5.92. The van der Waals surface area contributed by atoms with Gasteiger partial charge in [0, 0.05) is 36.4 Å². The van der Waals surface area contributed by atoms with Crippen LogP contribution in [-0.2, 0) is 12.8 Å². The quantitative estimate of drug-likeness (QED) is 0.781. The molecular weight excluding hydrogens is 270 g/mol. The summed E-state index contributed by atoms with van der Waals surface area (Å²) in [5, 5.41) is 4.46. The highest BCUT2D eigenvalue weighted by Gasteiger charge is 2.02. The summed E-state index contributed by atoms with van der Waals surface area (Å²) in [6.07, 6.45) is 7.25. The van der Waals surface area contributed by atoms with Gasteiger partial charge in [0.1, 0.15) is 11.3 Å². The van der Waals surface area contributed by atoms with Crippen molar-refractivity contribution < 1.29 is 0 Å². The van der Waals surface area contributed by atoms with Gasteiger partial charge in [-0.3, -0.25) is 4.98 Å². The number of aromatic nitrogens is 4. The molecule has 0 saturated heterocycles. The normalized spacial score (nSPS) is 10.8. The highest BCUT2D eigenvalue weighted by atomic mass is 32.1. The van der Waals surface area contributed by atoms with Crippen LogP contribution in [0.4, 0.5) is 5.82 Å². The molecule has 0 aliphatic heterocycles. The van der Waals surface area contributed by atoms with Gasteiger partial charge in [0.25, 0.3) is 0 Å². The van der Waals surface area contributed by atoms with Gasteiger partial charge in [-0.05, 0) is 18.6 Å². The van der Waals surface area contributed by atoms with E-state index >= 15 is 0 Å². The lowest BCUT2D eigenvalue weighted by atomic mass is 10.4. The predicted molar refractivity (Wildman–Crippen MR) is 81.0 cm³/mol. The van der Waals surface area contributed by atoms with Crippen LogP contribution in [0.15, 0.2) is 30.7 Å². The largest absolute Gasteiger partial charge is 0.370 e. The third-order valence-electron chi connectivity index (χ3n) is 2.93. The Morgan fingerprint density at radius 2 is 2.05 bits per heavy atom. The maximum Gasteiger partial charge on any atom is 0.180 e. The molecule has 0 aromatic carbocycles. The fraction of sp³-hybridized carbons (Fsp3) is 0.286. The molecule has 20 heavy (non-hydrogen) atoms. The van der Waals surface area contributed by atoms with E-state index in [4.69, 9.17) is 0 Å². The molecule has 3 aromatic heterocycles. The maximum absolute atomic E-state index is 4.43. The van der Waals surface area contributed by atoms with Crippen LogP contribution in [0, 0.1) is 0 Å². The zero-order valence-corrected chi connectivity index (χ0v) is 12.0. The van der Waals surface area contributed by atoms with Gasteiger partial charge in [-0.1, -0.05) is 6.92 Å². The van der Waals surface area contributed by atoms with Gasteiger partial charge in [0.2, 0.25) is 0 Å². The summed E-state index contributed by atoms with van der Waals surface area (Å²) in [5.41, 5.74) is 1.48. The van der Waals surface area contributed by atoms with Gasteiger partial charge in [-0.25, -0.2) is 15.0 Å². The third kappa shape index (κ3) is 2.91. The molecule has 5 nitrogen and oxygen atoms in total. The Labute approximate surface area is 121 Å². The van der Waals surface area contributed by atoms with Crippen LogP contribution >= 0.6 is 11.3 Å². The van der Waals surface area contributed by atoms with Crippen molar-refractivity contribution in [2.75, 3.05) is 11.9 Å². The lowest BCUT2D eigenvalue weighted by molar-refractivity contribution is 0.987. The van der Waals surface area contributed by atoms with Crippen molar-refractivity contribution in [2.45, 2.75) is 19.8 Å². The van der Waals surface area contributed by atoms with E-state index in [1.807, 2.05) is 18.3 Å². The molecule has 3 rings (SSSR count). The van der Waals surface area contributed by atoms with E-state index < -0.39 is 0 Å². The van der Waals surface area contributed by atoms with Crippen molar-refractivity contribution in [3.05, 3.63) is 40.6 Å². The number of fused-ring (bicyclic) bond motifs is 1. The Bertz CT molecular complexity index is 709. The van der Waals surface area contributed by atoms with E-state index in [1.165, 1.54) is 4.88 Å². The zero-order valence-electron chi connectivity index (χ0n) is 11.2. The van der Waals surface area contributed by atoms with Crippen LogP contribution < -0.4 is 5.32 Å². The molecule has 0 aliphatic rings. The van der Waals surface area contributed by atoms with Crippen LogP contribution in [-0.4, -0.2) is 26.5 Å². The second-order valence-electron chi connectivity index (χ2n) is 4.35. The zero-order chi connectivity index (χ0) is 13.8. The van der Waals surface area contributed by atoms with Crippen LogP contribution in [0.1, 0.15) is 16.8 Å². The first kappa shape index (κ1) is 12.9. The van der Waals surface area contributed by atoms with E-state index in [0.29, 0.717) is 5.65 Å². The molecule has 0 amide bonds. The summed E-state index contributed by atoms with van der Waals surface area (Å²) in [6.45, 7) is 2.96. The van der Waals surface area contributed by atoms with Gasteiger partial charge in [-0.2, -0.15) is 0 Å². The molecule has 0 fully saturated rings. The fourth-order valence-electron chi connectivity index (χ4n) is 1.88. The molecular formula is C14H15N5S. The average molecular weight is 285 g/mol. The highest BCUT2D eigenvalue weighted by molar-refractivity contribution is 7.11. The maximum atomic E-state index is 4.43. The van der Waals surface area contributed by atoms with Gasteiger partial charge < -0.3 is 5.32 Å². The molecule has 3 heterocycles. The number of hydrogen-bond donors (Lipinski definition) is 1. The van der Waals surface area contributed by atoms with Crippen LogP contribution in [0.25, 0.3) is 11.2 Å². The minimum atomic E-state index is 0.667. The SMILES string of the molecule is CCc1cnc(CCNc2ccc3nccnc3n2)s1. The minimum absolute atomic E-state index is 0.667. The molecule has 1 N–H and O–H groups in total. The smallest absolute Gasteiger partial charge is 0.180 e. The average Bonchev–Trinajstić information content (AvgIpc) is 2.95. The number of thiazole rings is 1. The second-order valence-corrected chi connectivity index (χ2v) is 5.55. The number of nitrogens with one attached hydrogen (secondary N) is 1. The minimum Gasteiger partial charge on any atom is -0.370 e. The molecule has 0 aliphatic carbocycles. The van der Waals surface area contributed by atoms with Crippen molar-refractivity contribution in [1.82, 2.24) is 19.9 Å². The summed E-state index contributed by atoms with van der Waals surface area (Å²) in [7, 11) is 0. The summed E-state index contributed by atoms with van der Waals surface area (Å²) in [6, 6.07) is 3.85. The van der Waals surface area contributed by atoms with Gasteiger partial charge in [-0.15, -0.1) is 11.3 Å². The van der Waals surface area contributed by atoms with Gasteiger partial charge >= 0.3 is 0 Å². The van der Waals surface area contributed by atoms with Crippen molar-refractivity contribution in [2.24, 2.45) is 0 Å². The van der Waals surface area contributed by atoms with E-state index in [0.717, 1.165) is 35.7 Å². The number of pyridine rings is 1. The fourth-order valence-corrected chi connectivity index (χ4v) is 2.74. The van der Waals surface area contributed by atoms with E-state index in [2.05, 4.69) is 32.2 Å². The molecule has 6 heteroatoms. The lowest BCUT2D eigenvalue weighted by Crippen LogP contribution is -2.06. The number of nitrogens with zero attached hydrogens (tertiary/aromatic N) is 4. The van der Waals surface area contributed by atoms with Crippen molar-refractivity contribution in [3.63, 3.8) is 0 Å². The van der Waals surface area contributed by atoms with E-state index in [1.54, 1.807) is 23.7 Å². The Balaban J connectivity index is 1.62. The molecule has 0 radical (unpaired) electrons. The molecule has 102 valence electrons. The summed E-state index contributed by atoms with van der Waals surface area (Å²) in [4.78, 5) is 18.6. The first-order chi connectivity index (χ1) is 9.85. The van der Waals surface area contributed by atoms with Crippen LogP contribution in [0.2, 0.25) is 0 Å². The summed E-state index contributed by atoms with van der Waals surface area (Å²) >= 11 is 1.78. The monoisotopic (exact) mass is 285 g/mol. The molecule has 3 aromatic rings. The third-order valence-corrected chi connectivity index (χ3v) is 4.13. The lowest BCUT2D eigenvalue weighted by Gasteiger charge is -2.04. The Hall–Kier alpha value is -2.08. The van der Waals surface area contributed by atoms with Gasteiger partial charge in [0.05, 0.1) is 5.01 Å². The van der Waals surface area contributed by atoms with Crippen molar-refractivity contribution >= 4 is 28.3 Å². The van der Waals surface area contributed by atoms with E-state index in [9.17, 15) is 0 Å². The number of anilines is 1. The molecule has 0 bridgehead atoms. The van der Waals surface area contributed by atoms with Crippen LogP contribution in [0.5, 0.6) is 0 Å². The molecule has 0 saturated carbocycles. The summed E-state index contributed by atoms with van der Waals surface area (Å²) < 4.78 is 0. The standard InChI is InChI=1S/C14H15N5S/c1-2-10-9-18-13(20-10)5-6-16-12-4-3-11-14(19-12)17-8-7-15-11/h3-4,7-9H,2,5-6H2,1H3,(H,16,17,19). The van der Waals surface area contributed by atoms with Crippen LogP contribution in [0.3, 0.4) is 0 Å². The van der Waals surface area contributed by atoms with Crippen molar-refractivity contribution in [3.8, 4) is 0 Å². The Kier molecular flexibility index (Phi) is 3.83. The van der Waals surface area contributed by atoms with Gasteiger partial charge in [0.15, 0.2) is 5.65 Å². The first-order valence-electron chi connectivity index (χ1n) is 6.60. The predicted octanol–water partition coefficient (Wildman–Crippen LogP) is 2.70. The number of hydrogen-bond acceptors (Lipinski definition) is 6. The summed E-state index contributed by atoms with van der Waals surface area (Å²) in [5.74, 6) is 0.824. The van der Waals surface area contributed by atoms with Crippen molar-refractivity contribution in [1.29, 1.82) is 0 Å².